The van der Waals surface area contributed by atoms with Crippen LogP contribution in [0.15, 0.2) is 6.20 Å². The van der Waals surface area contributed by atoms with Crippen LogP contribution in [0.25, 0.3) is 0 Å². The van der Waals surface area contributed by atoms with Crippen molar-refractivity contribution < 1.29 is 14.7 Å². The van der Waals surface area contributed by atoms with Crippen LogP contribution in [0.4, 0.5) is 0 Å². The van der Waals surface area contributed by atoms with Crippen molar-refractivity contribution in [1.29, 1.82) is 0 Å². The van der Waals surface area contributed by atoms with Gasteiger partial charge in [0.15, 0.2) is 0 Å². The zero-order valence-corrected chi connectivity index (χ0v) is 9.75. The molecule has 0 saturated carbocycles. The van der Waals surface area contributed by atoms with Gasteiger partial charge in [0.2, 0.25) is 5.91 Å². The van der Waals surface area contributed by atoms with Gasteiger partial charge in [-0.1, -0.05) is 5.21 Å². The van der Waals surface area contributed by atoms with E-state index in [0.717, 1.165) is 0 Å². The number of hydrogen-bond donors (Lipinski definition) is 2. The molecule has 0 fully saturated rings. The van der Waals surface area contributed by atoms with E-state index in [0.29, 0.717) is 12.2 Å². The van der Waals surface area contributed by atoms with E-state index in [-0.39, 0.29) is 19.0 Å². The molecule has 94 valence electrons. The number of rotatable bonds is 6. The minimum atomic E-state index is -0.988. The van der Waals surface area contributed by atoms with E-state index in [1.807, 2.05) is 0 Å². The van der Waals surface area contributed by atoms with E-state index in [4.69, 9.17) is 5.11 Å². The highest BCUT2D eigenvalue weighted by Crippen LogP contribution is 1.92. The molecule has 2 N–H and O–H groups in total. The number of carbonyl (C=O) groups is 2. The van der Waals surface area contributed by atoms with Crippen LogP contribution in [0.5, 0.6) is 0 Å². The summed E-state index contributed by atoms with van der Waals surface area (Å²) in [5, 5.41) is 18.5. The SMILES string of the molecule is CN(C)CC(=O)NCc1cn(CC(=O)O)nn1. The maximum Gasteiger partial charge on any atom is 0.325 e. The molecule has 0 bridgehead atoms. The fraction of sp³-hybridized carbons (Fsp3) is 0.556. The molecule has 8 heteroatoms. The molecule has 0 spiro atoms. The molecular formula is C9H15N5O3. The second kappa shape index (κ2) is 5.94. The van der Waals surface area contributed by atoms with Crippen molar-refractivity contribution >= 4 is 11.9 Å². The van der Waals surface area contributed by atoms with E-state index in [1.165, 1.54) is 10.9 Å². The summed E-state index contributed by atoms with van der Waals surface area (Å²) in [5.74, 6) is -1.11. The third-order valence-electron chi connectivity index (χ3n) is 1.81. The molecule has 0 unspecified atom stereocenters. The van der Waals surface area contributed by atoms with Crippen LogP contribution in [0, 0.1) is 0 Å². The minimum Gasteiger partial charge on any atom is -0.480 e. The number of amides is 1. The predicted molar refractivity (Wildman–Crippen MR) is 58.1 cm³/mol. The first-order chi connectivity index (χ1) is 7.97. The fourth-order valence-electron chi connectivity index (χ4n) is 1.17. The third kappa shape index (κ3) is 5.07. The maximum absolute atomic E-state index is 11.3. The van der Waals surface area contributed by atoms with Gasteiger partial charge in [0.25, 0.3) is 0 Å². The third-order valence-corrected chi connectivity index (χ3v) is 1.81. The molecule has 0 aromatic carbocycles. The number of nitrogens with one attached hydrogen (secondary N) is 1. The average Bonchev–Trinajstić information content (AvgIpc) is 2.60. The molecule has 17 heavy (non-hydrogen) atoms. The Kier molecular flexibility index (Phi) is 4.58. The van der Waals surface area contributed by atoms with Gasteiger partial charge < -0.3 is 15.3 Å². The first-order valence-corrected chi connectivity index (χ1v) is 4.99. The zero-order chi connectivity index (χ0) is 12.8. The molecule has 0 aliphatic rings. The van der Waals surface area contributed by atoms with E-state index in [2.05, 4.69) is 15.6 Å². The highest BCUT2D eigenvalue weighted by Gasteiger charge is 2.06. The van der Waals surface area contributed by atoms with Crippen LogP contribution in [0.2, 0.25) is 0 Å². The van der Waals surface area contributed by atoms with E-state index < -0.39 is 5.97 Å². The zero-order valence-electron chi connectivity index (χ0n) is 9.75. The van der Waals surface area contributed by atoms with Crippen molar-refractivity contribution in [3.63, 3.8) is 0 Å². The lowest BCUT2D eigenvalue weighted by Crippen LogP contribution is -2.32. The molecule has 0 saturated heterocycles. The minimum absolute atomic E-state index is 0.122. The van der Waals surface area contributed by atoms with Gasteiger partial charge in [0.1, 0.15) is 12.2 Å². The van der Waals surface area contributed by atoms with Gasteiger partial charge in [-0.05, 0) is 14.1 Å². The van der Waals surface area contributed by atoms with E-state index in [1.54, 1.807) is 19.0 Å². The fourth-order valence-corrected chi connectivity index (χ4v) is 1.17. The van der Waals surface area contributed by atoms with E-state index >= 15 is 0 Å². The first kappa shape index (κ1) is 13.1. The quantitative estimate of drug-likeness (QED) is 0.631. The van der Waals surface area contributed by atoms with Crippen LogP contribution < -0.4 is 5.32 Å². The lowest BCUT2D eigenvalue weighted by Gasteiger charge is -2.08. The Labute approximate surface area is 98.2 Å². The highest BCUT2D eigenvalue weighted by atomic mass is 16.4. The summed E-state index contributed by atoms with van der Waals surface area (Å²) in [6.45, 7) is 0.300. The Morgan fingerprint density at radius 1 is 1.53 bits per heavy atom. The van der Waals surface area contributed by atoms with Gasteiger partial charge in [-0.25, -0.2) is 4.68 Å². The Hall–Kier alpha value is -1.96. The number of nitrogens with zero attached hydrogens (tertiary/aromatic N) is 4. The molecule has 0 atom stereocenters. The summed E-state index contributed by atoms with van der Waals surface area (Å²) >= 11 is 0. The van der Waals surface area contributed by atoms with Crippen molar-refractivity contribution in [3.8, 4) is 0 Å². The van der Waals surface area contributed by atoms with Crippen molar-refractivity contribution in [2.45, 2.75) is 13.1 Å². The summed E-state index contributed by atoms with van der Waals surface area (Å²) < 4.78 is 1.20. The topological polar surface area (TPSA) is 100 Å². The van der Waals surface area contributed by atoms with Gasteiger partial charge in [-0.2, -0.15) is 0 Å². The summed E-state index contributed by atoms with van der Waals surface area (Å²) in [4.78, 5) is 23.5. The van der Waals surface area contributed by atoms with Crippen molar-refractivity contribution in [3.05, 3.63) is 11.9 Å². The lowest BCUT2D eigenvalue weighted by molar-refractivity contribution is -0.138. The Balaban J connectivity index is 2.39. The summed E-state index contributed by atoms with van der Waals surface area (Å²) in [6.07, 6.45) is 1.49. The molecule has 1 aromatic rings. The van der Waals surface area contributed by atoms with Crippen molar-refractivity contribution in [1.82, 2.24) is 25.2 Å². The molecular weight excluding hydrogens is 226 g/mol. The predicted octanol–water partition coefficient (Wildman–Crippen LogP) is -1.46. The Morgan fingerprint density at radius 3 is 2.82 bits per heavy atom. The van der Waals surface area contributed by atoms with Gasteiger partial charge in [-0.15, -0.1) is 5.10 Å². The second-order valence-electron chi connectivity index (χ2n) is 3.82. The normalized spacial score (nSPS) is 10.5. The number of carboxylic acid groups (broad SMARTS) is 1. The molecule has 1 rings (SSSR count). The summed E-state index contributed by atoms with van der Waals surface area (Å²) in [5.41, 5.74) is 0.526. The van der Waals surface area contributed by atoms with Gasteiger partial charge in [0, 0.05) is 0 Å². The average molecular weight is 241 g/mol. The van der Waals surface area contributed by atoms with Crippen LogP contribution in [0.1, 0.15) is 5.69 Å². The summed E-state index contributed by atoms with van der Waals surface area (Å²) in [6, 6.07) is 0. The molecule has 0 radical (unpaired) electrons. The molecule has 0 aliphatic heterocycles. The standard InChI is InChI=1S/C9H15N5O3/c1-13(2)5-8(15)10-3-7-4-14(12-11-7)6-9(16)17/h4H,3,5-6H2,1-2H3,(H,10,15)(H,16,17). The van der Waals surface area contributed by atoms with Crippen LogP contribution in [-0.4, -0.2) is 57.5 Å². The smallest absolute Gasteiger partial charge is 0.325 e. The van der Waals surface area contributed by atoms with Crippen LogP contribution in [0.3, 0.4) is 0 Å². The number of aromatic nitrogens is 3. The largest absolute Gasteiger partial charge is 0.480 e. The van der Waals surface area contributed by atoms with E-state index in [9.17, 15) is 9.59 Å². The molecule has 8 nitrogen and oxygen atoms in total. The number of likely N-dealkylation sites (N-methyl/N-ethyl adjacent to an activating group) is 1. The lowest BCUT2D eigenvalue weighted by atomic mass is 10.4. The number of hydrogen-bond acceptors (Lipinski definition) is 5. The number of aliphatic carboxylic acids is 1. The molecule has 1 heterocycles. The van der Waals surface area contributed by atoms with Crippen molar-refractivity contribution in [2.24, 2.45) is 0 Å². The monoisotopic (exact) mass is 241 g/mol. The Bertz CT molecular complexity index is 401. The van der Waals surface area contributed by atoms with Gasteiger partial charge >= 0.3 is 5.97 Å². The highest BCUT2D eigenvalue weighted by molar-refractivity contribution is 5.77. The Morgan fingerprint density at radius 2 is 2.24 bits per heavy atom. The van der Waals surface area contributed by atoms with Crippen molar-refractivity contribution in [2.75, 3.05) is 20.6 Å². The second-order valence-corrected chi connectivity index (χ2v) is 3.82. The summed E-state index contributed by atoms with van der Waals surface area (Å²) in [7, 11) is 3.59. The molecule has 1 aromatic heterocycles. The van der Waals surface area contributed by atoms with Crippen LogP contribution in [-0.2, 0) is 22.7 Å². The molecule has 0 aliphatic carbocycles. The molecule has 1 amide bonds. The number of carbonyl (C=O) groups excluding carboxylic acids is 1. The first-order valence-electron chi connectivity index (χ1n) is 4.99. The number of carboxylic acids is 1. The van der Waals surface area contributed by atoms with Crippen LogP contribution >= 0.6 is 0 Å². The van der Waals surface area contributed by atoms with Gasteiger partial charge in [0.05, 0.1) is 19.3 Å². The maximum atomic E-state index is 11.3. The van der Waals surface area contributed by atoms with Gasteiger partial charge in [-0.3, -0.25) is 9.59 Å².